The molecule has 1 aromatic heterocycles. The summed E-state index contributed by atoms with van der Waals surface area (Å²) < 4.78 is 5.81. The second kappa shape index (κ2) is 8.51. The van der Waals surface area contributed by atoms with Crippen molar-refractivity contribution >= 4 is 29.3 Å². The fourth-order valence-electron chi connectivity index (χ4n) is 2.65. The highest BCUT2D eigenvalue weighted by Gasteiger charge is 2.24. The minimum Gasteiger partial charge on any atom is -0.374 e. The number of ether oxygens (including phenoxy) is 1. The highest BCUT2D eigenvalue weighted by atomic mass is 35.5. The second-order valence-electron chi connectivity index (χ2n) is 5.60. The largest absolute Gasteiger partial charge is 0.374 e. The van der Waals surface area contributed by atoms with Gasteiger partial charge in [0.25, 0.3) is 0 Å². The van der Waals surface area contributed by atoms with E-state index in [1.54, 1.807) is 12.4 Å². The van der Waals surface area contributed by atoms with Gasteiger partial charge in [-0.25, -0.2) is 0 Å². The Bertz CT molecular complexity index is 684. The molecule has 0 bridgehead atoms. The minimum absolute atomic E-state index is 0.00600. The van der Waals surface area contributed by atoms with Crippen LogP contribution in [-0.4, -0.2) is 47.3 Å². The monoisotopic (exact) mass is 362 g/mol. The molecule has 1 atom stereocenters. The fraction of sp³-hybridized carbons (Fsp3) is 0.333. The van der Waals surface area contributed by atoms with Crippen LogP contribution in [0.1, 0.15) is 5.56 Å². The van der Waals surface area contributed by atoms with Crippen LogP contribution in [0.4, 0.5) is 0 Å². The quantitative estimate of drug-likeness (QED) is 0.765. The molecule has 1 aliphatic heterocycles. The molecule has 0 radical (unpaired) electrons. The summed E-state index contributed by atoms with van der Waals surface area (Å²) in [5, 5.41) is 0.748. The standard InChI is InChI=1S/C18H19ClN2O2S/c19-17-4-2-1-3-14(17)11-15-12-21(9-10-23-15)18(22)13-24-16-5-7-20-8-6-16/h1-8,15H,9-13H2. The first kappa shape index (κ1) is 17.3. The second-order valence-corrected chi connectivity index (χ2v) is 7.06. The van der Waals surface area contributed by atoms with Gasteiger partial charge in [0, 0.05) is 41.8 Å². The summed E-state index contributed by atoms with van der Waals surface area (Å²) in [5.74, 6) is 0.576. The third-order valence-electron chi connectivity index (χ3n) is 3.91. The smallest absolute Gasteiger partial charge is 0.233 e. The first-order valence-corrected chi connectivity index (χ1v) is 9.24. The van der Waals surface area contributed by atoms with Crippen LogP contribution in [0.3, 0.4) is 0 Å². The average molecular weight is 363 g/mol. The van der Waals surface area contributed by atoms with Crippen LogP contribution in [0.15, 0.2) is 53.7 Å². The van der Waals surface area contributed by atoms with Gasteiger partial charge in [0.05, 0.1) is 18.5 Å². The lowest BCUT2D eigenvalue weighted by molar-refractivity contribution is -0.135. The highest BCUT2D eigenvalue weighted by molar-refractivity contribution is 8.00. The number of rotatable bonds is 5. The van der Waals surface area contributed by atoms with Crippen LogP contribution < -0.4 is 0 Å². The third-order valence-corrected chi connectivity index (χ3v) is 5.27. The average Bonchev–Trinajstić information content (AvgIpc) is 2.63. The Hall–Kier alpha value is -1.56. The van der Waals surface area contributed by atoms with Gasteiger partial charge in [-0.05, 0) is 23.8 Å². The summed E-state index contributed by atoms with van der Waals surface area (Å²) in [5.41, 5.74) is 1.06. The van der Waals surface area contributed by atoms with Crippen molar-refractivity contribution in [2.45, 2.75) is 17.4 Å². The van der Waals surface area contributed by atoms with Crippen molar-refractivity contribution in [1.82, 2.24) is 9.88 Å². The summed E-state index contributed by atoms with van der Waals surface area (Å²) in [6.07, 6.45) is 4.19. The SMILES string of the molecule is O=C(CSc1ccncc1)N1CCOC(Cc2ccccc2Cl)C1. The lowest BCUT2D eigenvalue weighted by Crippen LogP contribution is -2.47. The van der Waals surface area contributed by atoms with E-state index in [9.17, 15) is 4.79 Å². The number of aromatic nitrogens is 1. The lowest BCUT2D eigenvalue weighted by Gasteiger charge is -2.33. The first-order valence-electron chi connectivity index (χ1n) is 7.88. The molecule has 24 heavy (non-hydrogen) atoms. The number of carbonyl (C=O) groups excluding carboxylic acids is 1. The number of morpholine rings is 1. The van der Waals surface area contributed by atoms with Crippen molar-refractivity contribution in [2.24, 2.45) is 0 Å². The van der Waals surface area contributed by atoms with Crippen molar-refractivity contribution in [3.05, 3.63) is 59.4 Å². The lowest BCUT2D eigenvalue weighted by atomic mass is 10.1. The molecule has 1 amide bonds. The Morgan fingerprint density at radius 1 is 1.29 bits per heavy atom. The Morgan fingerprint density at radius 3 is 2.88 bits per heavy atom. The zero-order chi connectivity index (χ0) is 16.8. The van der Waals surface area contributed by atoms with Crippen LogP contribution in [0.5, 0.6) is 0 Å². The van der Waals surface area contributed by atoms with Gasteiger partial charge in [-0.15, -0.1) is 11.8 Å². The summed E-state index contributed by atoms with van der Waals surface area (Å²) >= 11 is 7.75. The zero-order valence-electron chi connectivity index (χ0n) is 13.2. The van der Waals surface area contributed by atoms with Gasteiger partial charge in [-0.1, -0.05) is 29.8 Å². The molecule has 6 heteroatoms. The Balaban J connectivity index is 1.53. The molecule has 1 aliphatic rings. The first-order chi connectivity index (χ1) is 11.7. The molecule has 1 aromatic carbocycles. The normalized spacial score (nSPS) is 17.7. The van der Waals surface area contributed by atoms with E-state index in [0.29, 0.717) is 25.4 Å². The number of carbonyl (C=O) groups is 1. The van der Waals surface area contributed by atoms with Gasteiger partial charge in [-0.2, -0.15) is 0 Å². The molecular weight excluding hydrogens is 344 g/mol. The molecule has 2 aromatic rings. The van der Waals surface area contributed by atoms with Gasteiger partial charge in [0.2, 0.25) is 5.91 Å². The van der Waals surface area contributed by atoms with E-state index in [4.69, 9.17) is 16.3 Å². The van der Waals surface area contributed by atoms with Crippen LogP contribution in [-0.2, 0) is 16.0 Å². The maximum atomic E-state index is 12.4. The molecule has 0 spiro atoms. The predicted molar refractivity (Wildman–Crippen MR) is 96.4 cm³/mol. The van der Waals surface area contributed by atoms with Crippen LogP contribution >= 0.6 is 23.4 Å². The molecule has 0 N–H and O–H groups in total. The Morgan fingerprint density at radius 2 is 2.08 bits per heavy atom. The number of benzene rings is 1. The Kier molecular flexibility index (Phi) is 6.12. The Labute approximate surface area is 151 Å². The summed E-state index contributed by atoms with van der Waals surface area (Å²) in [4.78, 5) is 19.4. The molecule has 1 unspecified atom stereocenters. The molecule has 3 rings (SSSR count). The number of hydrogen-bond acceptors (Lipinski definition) is 4. The van der Waals surface area contributed by atoms with Gasteiger partial charge < -0.3 is 9.64 Å². The molecule has 4 nitrogen and oxygen atoms in total. The topological polar surface area (TPSA) is 42.4 Å². The van der Waals surface area contributed by atoms with Crippen molar-refractivity contribution in [2.75, 3.05) is 25.4 Å². The van der Waals surface area contributed by atoms with Gasteiger partial charge >= 0.3 is 0 Å². The van der Waals surface area contributed by atoms with Crippen LogP contribution in [0, 0.1) is 0 Å². The van der Waals surface area contributed by atoms with E-state index in [1.807, 2.05) is 41.3 Å². The van der Waals surface area contributed by atoms with Crippen molar-refractivity contribution in [3.63, 3.8) is 0 Å². The maximum absolute atomic E-state index is 12.4. The van der Waals surface area contributed by atoms with Crippen molar-refractivity contribution in [3.8, 4) is 0 Å². The van der Waals surface area contributed by atoms with E-state index in [0.717, 1.165) is 21.9 Å². The maximum Gasteiger partial charge on any atom is 0.233 e. The predicted octanol–water partition coefficient (Wildman–Crippen LogP) is 3.30. The van der Waals surface area contributed by atoms with Crippen LogP contribution in [0.2, 0.25) is 5.02 Å². The number of thioether (sulfide) groups is 1. The third kappa shape index (κ3) is 4.72. The van der Waals surface area contributed by atoms with E-state index < -0.39 is 0 Å². The molecule has 0 saturated carbocycles. The number of pyridine rings is 1. The van der Waals surface area contributed by atoms with Crippen molar-refractivity contribution < 1.29 is 9.53 Å². The van der Waals surface area contributed by atoms with E-state index in [-0.39, 0.29) is 12.0 Å². The van der Waals surface area contributed by atoms with E-state index >= 15 is 0 Å². The summed E-state index contributed by atoms with van der Waals surface area (Å²) in [6, 6.07) is 11.6. The van der Waals surface area contributed by atoms with Crippen LogP contribution in [0.25, 0.3) is 0 Å². The molecule has 1 saturated heterocycles. The minimum atomic E-state index is -0.00600. The molecule has 1 fully saturated rings. The molecule has 126 valence electrons. The summed E-state index contributed by atoms with van der Waals surface area (Å²) in [7, 11) is 0. The summed E-state index contributed by atoms with van der Waals surface area (Å²) in [6.45, 7) is 1.83. The van der Waals surface area contributed by atoms with Gasteiger partial charge in [0.1, 0.15) is 0 Å². The number of amides is 1. The zero-order valence-corrected chi connectivity index (χ0v) is 14.8. The number of halogens is 1. The van der Waals surface area contributed by atoms with Gasteiger partial charge in [-0.3, -0.25) is 9.78 Å². The number of nitrogens with zero attached hydrogens (tertiary/aromatic N) is 2. The van der Waals surface area contributed by atoms with E-state index in [1.165, 1.54) is 11.8 Å². The van der Waals surface area contributed by atoms with Crippen molar-refractivity contribution in [1.29, 1.82) is 0 Å². The highest BCUT2D eigenvalue weighted by Crippen LogP contribution is 2.21. The molecular formula is C18H19ClN2O2S. The van der Waals surface area contributed by atoms with E-state index in [2.05, 4.69) is 4.98 Å². The fourth-order valence-corrected chi connectivity index (χ4v) is 3.65. The molecule has 0 aliphatic carbocycles. The number of hydrogen-bond donors (Lipinski definition) is 0. The van der Waals surface area contributed by atoms with Gasteiger partial charge in [0.15, 0.2) is 0 Å². The molecule has 2 heterocycles.